The number of hydrogen-bond donors (Lipinski definition) is 2. The summed E-state index contributed by atoms with van der Waals surface area (Å²) in [6.45, 7) is 1.94. The largest absolute Gasteiger partial charge is 0.352 e. The van der Waals surface area contributed by atoms with Gasteiger partial charge in [-0.05, 0) is 18.8 Å². The van der Waals surface area contributed by atoms with Gasteiger partial charge in [-0.1, -0.05) is 19.8 Å². The Morgan fingerprint density at radius 3 is 2.72 bits per heavy atom. The van der Waals surface area contributed by atoms with Crippen LogP contribution in [0.3, 0.4) is 0 Å². The maximum Gasteiger partial charge on any atom is 0.325 e. The van der Waals surface area contributed by atoms with E-state index in [0.29, 0.717) is 5.92 Å². The van der Waals surface area contributed by atoms with Crippen LogP contribution in [0.4, 0.5) is 4.79 Å². The van der Waals surface area contributed by atoms with Crippen LogP contribution >= 0.6 is 0 Å². The molecule has 6 nitrogen and oxygen atoms in total. The fourth-order valence-electron chi connectivity index (χ4n) is 2.54. The van der Waals surface area contributed by atoms with Gasteiger partial charge in [0.1, 0.15) is 6.54 Å². The zero-order valence-electron chi connectivity index (χ0n) is 10.6. The van der Waals surface area contributed by atoms with Crippen molar-refractivity contribution in [3.8, 4) is 0 Å². The summed E-state index contributed by atoms with van der Waals surface area (Å²) in [5.74, 6) is -0.128. The summed E-state index contributed by atoms with van der Waals surface area (Å²) < 4.78 is 0. The molecule has 6 heteroatoms. The fraction of sp³-hybridized carbons (Fsp3) is 0.750. The third-order valence-electron chi connectivity index (χ3n) is 3.70. The molecule has 1 saturated carbocycles. The molecule has 0 radical (unpaired) electrons. The van der Waals surface area contributed by atoms with Gasteiger partial charge < -0.3 is 10.6 Å². The lowest BCUT2D eigenvalue weighted by atomic mass is 9.86. The van der Waals surface area contributed by atoms with Crippen LogP contribution in [-0.4, -0.2) is 41.9 Å². The lowest BCUT2D eigenvalue weighted by Crippen LogP contribution is -2.47. The van der Waals surface area contributed by atoms with Gasteiger partial charge in [-0.15, -0.1) is 0 Å². The topological polar surface area (TPSA) is 78.5 Å². The molecule has 0 spiro atoms. The number of amides is 4. The molecule has 2 N–H and O–H groups in total. The van der Waals surface area contributed by atoms with Gasteiger partial charge in [0.25, 0.3) is 5.91 Å². The molecule has 2 unspecified atom stereocenters. The van der Waals surface area contributed by atoms with Gasteiger partial charge in [0, 0.05) is 6.04 Å². The Labute approximate surface area is 106 Å². The molecule has 1 heterocycles. The summed E-state index contributed by atoms with van der Waals surface area (Å²) in [6, 6.07) is -0.307. The summed E-state index contributed by atoms with van der Waals surface area (Å²) in [7, 11) is 0. The number of carbonyl (C=O) groups is 3. The number of rotatable bonds is 3. The first-order valence-electron chi connectivity index (χ1n) is 6.45. The van der Waals surface area contributed by atoms with Gasteiger partial charge in [-0.25, -0.2) is 4.79 Å². The normalized spacial score (nSPS) is 28.2. The van der Waals surface area contributed by atoms with E-state index in [1.54, 1.807) is 0 Å². The summed E-state index contributed by atoms with van der Waals surface area (Å²) in [5.41, 5.74) is 0. The Bertz CT molecular complexity index is 354. The molecule has 2 fully saturated rings. The van der Waals surface area contributed by atoms with Crippen molar-refractivity contribution < 1.29 is 14.4 Å². The molecule has 4 amide bonds. The molecule has 0 aromatic rings. The quantitative estimate of drug-likeness (QED) is 0.707. The van der Waals surface area contributed by atoms with Crippen molar-refractivity contribution in [2.45, 2.75) is 38.6 Å². The first-order chi connectivity index (χ1) is 8.58. The highest BCUT2D eigenvalue weighted by atomic mass is 16.2. The van der Waals surface area contributed by atoms with E-state index in [0.717, 1.165) is 24.2 Å². The number of urea groups is 1. The number of hydrogen-bond acceptors (Lipinski definition) is 3. The van der Waals surface area contributed by atoms with Crippen molar-refractivity contribution in [1.82, 2.24) is 15.5 Å². The number of imide groups is 1. The van der Waals surface area contributed by atoms with Crippen molar-refractivity contribution in [2.24, 2.45) is 5.92 Å². The number of nitrogens with one attached hydrogen (secondary N) is 2. The predicted octanol–water partition coefficient (Wildman–Crippen LogP) is 0.233. The molecule has 100 valence electrons. The standard InChI is InChI=1S/C12H19N3O3/c1-8-4-2-3-5-9(8)14-10(16)7-15-11(17)6-13-12(15)18/h8-9H,2-7H2,1H3,(H,13,18)(H,14,16). The molecule has 2 atom stereocenters. The molecule has 18 heavy (non-hydrogen) atoms. The van der Waals surface area contributed by atoms with Crippen molar-refractivity contribution in [3.05, 3.63) is 0 Å². The van der Waals surface area contributed by atoms with Gasteiger partial charge in [0.15, 0.2) is 0 Å². The van der Waals surface area contributed by atoms with Gasteiger partial charge in [0.2, 0.25) is 5.91 Å². The van der Waals surface area contributed by atoms with E-state index >= 15 is 0 Å². The number of nitrogens with zero attached hydrogens (tertiary/aromatic N) is 1. The SMILES string of the molecule is CC1CCCCC1NC(=O)CN1C(=O)CNC1=O. The average molecular weight is 253 g/mol. The van der Waals surface area contributed by atoms with E-state index in [1.165, 1.54) is 6.42 Å². The van der Waals surface area contributed by atoms with E-state index in [9.17, 15) is 14.4 Å². The summed E-state index contributed by atoms with van der Waals surface area (Å²) >= 11 is 0. The molecular weight excluding hydrogens is 234 g/mol. The molecule has 0 bridgehead atoms. The predicted molar refractivity (Wildman–Crippen MR) is 64.7 cm³/mol. The lowest BCUT2D eigenvalue weighted by Gasteiger charge is -2.29. The second kappa shape index (κ2) is 5.37. The molecule has 2 aliphatic rings. The minimum absolute atomic E-state index is 0.00799. The Balaban J connectivity index is 1.84. The molecule has 0 aromatic heterocycles. The molecular formula is C12H19N3O3. The van der Waals surface area contributed by atoms with Gasteiger partial charge in [-0.3, -0.25) is 14.5 Å². The minimum Gasteiger partial charge on any atom is -0.352 e. The highest BCUT2D eigenvalue weighted by Crippen LogP contribution is 2.23. The minimum atomic E-state index is -0.480. The fourth-order valence-corrected chi connectivity index (χ4v) is 2.54. The van der Waals surface area contributed by atoms with Gasteiger partial charge in [-0.2, -0.15) is 0 Å². The molecule has 1 aliphatic carbocycles. The first-order valence-corrected chi connectivity index (χ1v) is 6.45. The van der Waals surface area contributed by atoms with Crippen LogP contribution < -0.4 is 10.6 Å². The van der Waals surface area contributed by atoms with Crippen molar-refractivity contribution in [1.29, 1.82) is 0 Å². The van der Waals surface area contributed by atoms with Crippen LogP contribution in [0.5, 0.6) is 0 Å². The van der Waals surface area contributed by atoms with Gasteiger partial charge >= 0.3 is 6.03 Å². The molecule has 1 saturated heterocycles. The highest BCUT2D eigenvalue weighted by molar-refractivity contribution is 6.04. The van der Waals surface area contributed by atoms with Crippen LogP contribution in [0.1, 0.15) is 32.6 Å². The Kier molecular flexibility index (Phi) is 3.84. The molecule has 2 rings (SSSR count). The summed E-state index contributed by atoms with van der Waals surface area (Å²) in [6.07, 6.45) is 4.43. The highest BCUT2D eigenvalue weighted by Gasteiger charge is 2.31. The monoisotopic (exact) mass is 253 g/mol. The third kappa shape index (κ3) is 2.80. The first kappa shape index (κ1) is 12.9. The third-order valence-corrected chi connectivity index (χ3v) is 3.70. The van der Waals surface area contributed by atoms with E-state index in [1.807, 2.05) is 0 Å². The van der Waals surface area contributed by atoms with E-state index in [-0.39, 0.29) is 30.9 Å². The van der Waals surface area contributed by atoms with Crippen molar-refractivity contribution in [3.63, 3.8) is 0 Å². The van der Waals surface area contributed by atoms with Gasteiger partial charge in [0.05, 0.1) is 6.54 Å². The lowest BCUT2D eigenvalue weighted by molar-refractivity contribution is -0.131. The Hall–Kier alpha value is -1.59. The van der Waals surface area contributed by atoms with Crippen LogP contribution in [0.15, 0.2) is 0 Å². The Morgan fingerprint density at radius 2 is 2.11 bits per heavy atom. The maximum absolute atomic E-state index is 11.8. The van der Waals surface area contributed by atoms with Crippen LogP contribution in [0, 0.1) is 5.92 Å². The second-order valence-corrected chi connectivity index (χ2v) is 5.07. The van der Waals surface area contributed by atoms with E-state index in [2.05, 4.69) is 17.6 Å². The zero-order chi connectivity index (χ0) is 13.1. The zero-order valence-corrected chi connectivity index (χ0v) is 10.6. The second-order valence-electron chi connectivity index (χ2n) is 5.07. The number of carbonyl (C=O) groups excluding carboxylic acids is 3. The molecule has 0 aromatic carbocycles. The van der Waals surface area contributed by atoms with Crippen LogP contribution in [-0.2, 0) is 9.59 Å². The van der Waals surface area contributed by atoms with Crippen molar-refractivity contribution in [2.75, 3.05) is 13.1 Å². The van der Waals surface area contributed by atoms with Crippen LogP contribution in [0.2, 0.25) is 0 Å². The molecule has 1 aliphatic heterocycles. The maximum atomic E-state index is 11.8. The van der Waals surface area contributed by atoms with E-state index < -0.39 is 6.03 Å². The average Bonchev–Trinajstić information content (AvgIpc) is 2.64. The Morgan fingerprint density at radius 1 is 1.39 bits per heavy atom. The van der Waals surface area contributed by atoms with Crippen LogP contribution in [0.25, 0.3) is 0 Å². The smallest absolute Gasteiger partial charge is 0.325 e. The van der Waals surface area contributed by atoms with Crippen molar-refractivity contribution >= 4 is 17.8 Å². The summed E-state index contributed by atoms with van der Waals surface area (Å²) in [5, 5.41) is 5.32. The summed E-state index contributed by atoms with van der Waals surface area (Å²) in [4.78, 5) is 35.4. The van der Waals surface area contributed by atoms with E-state index in [4.69, 9.17) is 0 Å².